The van der Waals surface area contributed by atoms with Crippen molar-refractivity contribution in [2.75, 3.05) is 5.75 Å². The number of aromatic carboxylic acids is 1. The zero-order valence-corrected chi connectivity index (χ0v) is 11.9. The summed E-state index contributed by atoms with van der Waals surface area (Å²) in [6, 6.07) is 7.60. The van der Waals surface area contributed by atoms with Gasteiger partial charge in [0.1, 0.15) is 0 Å². The molecule has 0 bridgehead atoms. The Balaban J connectivity index is 1.96. The van der Waals surface area contributed by atoms with E-state index in [1.807, 2.05) is 24.3 Å². The first-order valence-electron chi connectivity index (χ1n) is 6.87. The number of hydrogen-bond acceptors (Lipinski definition) is 4. The van der Waals surface area contributed by atoms with Crippen molar-refractivity contribution >= 4 is 28.6 Å². The molecule has 1 aromatic heterocycles. The van der Waals surface area contributed by atoms with E-state index in [2.05, 4.69) is 10.2 Å². The minimum atomic E-state index is -1.00. The maximum absolute atomic E-state index is 11.3. The highest BCUT2D eigenvalue weighted by Crippen LogP contribution is 2.34. The normalized spacial score (nSPS) is 15.8. The van der Waals surface area contributed by atoms with E-state index in [1.165, 1.54) is 25.7 Å². The fourth-order valence-corrected chi connectivity index (χ4v) is 4.02. The molecule has 0 aliphatic heterocycles. The summed E-state index contributed by atoms with van der Waals surface area (Å²) in [5.74, 6) is 0.668. The van der Waals surface area contributed by atoms with Crippen LogP contribution in [0.2, 0.25) is 0 Å². The van der Waals surface area contributed by atoms with Crippen LogP contribution < -0.4 is 0 Å². The van der Waals surface area contributed by atoms with Gasteiger partial charge >= 0.3 is 5.97 Å². The number of thioether (sulfide) groups is 1. The lowest BCUT2D eigenvalue weighted by Gasteiger charge is -2.11. The van der Waals surface area contributed by atoms with Crippen molar-refractivity contribution in [3.8, 4) is 0 Å². The molecule has 1 saturated carbocycles. The second-order valence-corrected chi connectivity index (χ2v) is 6.19. The van der Waals surface area contributed by atoms with Gasteiger partial charge in [-0.3, -0.25) is 0 Å². The van der Waals surface area contributed by atoms with Crippen molar-refractivity contribution in [3.05, 3.63) is 30.0 Å². The van der Waals surface area contributed by atoms with Gasteiger partial charge in [-0.25, -0.2) is 4.79 Å². The second-order valence-electron chi connectivity index (χ2n) is 5.16. The third-order valence-electron chi connectivity index (χ3n) is 3.76. The quantitative estimate of drug-likeness (QED) is 0.871. The van der Waals surface area contributed by atoms with Crippen LogP contribution >= 0.6 is 11.8 Å². The van der Waals surface area contributed by atoms with Gasteiger partial charge in [-0.1, -0.05) is 31.0 Å². The molecule has 1 aliphatic rings. The van der Waals surface area contributed by atoms with E-state index in [0.717, 1.165) is 21.6 Å². The van der Waals surface area contributed by atoms with Gasteiger partial charge in [0.15, 0.2) is 5.69 Å². The van der Waals surface area contributed by atoms with Gasteiger partial charge in [0, 0.05) is 11.1 Å². The summed E-state index contributed by atoms with van der Waals surface area (Å²) in [6.45, 7) is 0. The minimum absolute atomic E-state index is 0.0756. The standard InChI is InChI=1S/C15H16N2O2S/c18-15(19)13-14(20-9-10-5-1-2-6-10)11-7-3-4-8-12(11)16-17-13/h3-4,7-8,10H,1-2,5-6,9H2,(H,18,19). The number of nitrogens with zero attached hydrogens (tertiary/aromatic N) is 2. The summed E-state index contributed by atoms with van der Waals surface area (Å²) in [7, 11) is 0. The van der Waals surface area contributed by atoms with Gasteiger partial charge in [0.2, 0.25) is 0 Å². The van der Waals surface area contributed by atoms with Gasteiger partial charge in [-0.2, -0.15) is 0 Å². The van der Waals surface area contributed by atoms with E-state index in [4.69, 9.17) is 0 Å². The Bertz CT molecular complexity index is 639. The average Bonchev–Trinajstić information content (AvgIpc) is 2.97. The van der Waals surface area contributed by atoms with E-state index < -0.39 is 5.97 Å². The molecule has 20 heavy (non-hydrogen) atoms. The number of fused-ring (bicyclic) bond motifs is 1. The van der Waals surface area contributed by atoms with E-state index in [-0.39, 0.29) is 5.69 Å². The minimum Gasteiger partial charge on any atom is -0.476 e. The lowest BCUT2D eigenvalue weighted by atomic mass is 10.1. The number of aromatic nitrogens is 2. The monoisotopic (exact) mass is 288 g/mol. The molecule has 0 saturated heterocycles. The van der Waals surface area contributed by atoms with Crippen molar-refractivity contribution in [1.29, 1.82) is 0 Å². The van der Waals surface area contributed by atoms with Crippen LogP contribution in [-0.4, -0.2) is 27.0 Å². The van der Waals surface area contributed by atoms with Crippen molar-refractivity contribution in [2.24, 2.45) is 5.92 Å². The molecular formula is C15H16N2O2S. The molecule has 5 heteroatoms. The lowest BCUT2D eigenvalue weighted by Crippen LogP contribution is -2.06. The summed E-state index contributed by atoms with van der Waals surface area (Å²) in [4.78, 5) is 12.1. The number of carboxylic acid groups (broad SMARTS) is 1. The molecule has 1 N–H and O–H groups in total. The molecule has 1 fully saturated rings. The predicted molar refractivity (Wildman–Crippen MR) is 79.2 cm³/mol. The SMILES string of the molecule is O=C(O)c1nnc2ccccc2c1SCC1CCCC1. The van der Waals surface area contributed by atoms with Gasteiger partial charge in [-0.05, 0) is 24.8 Å². The molecule has 0 atom stereocenters. The Morgan fingerprint density at radius 3 is 2.75 bits per heavy atom. The molecule has 0 amide bonds. The zero-order valence-electron chi connectivity index (χ0n) is 11.1. The zero-order chi connectivity index (χ0) is 13.9. The highest BCUT2D eigenvalue weighted by atomic mass is 32.2. The average molecular weight is 288 g/mol. The fourth-order valence-electron chi connectivity index (χ4n) is 2.69. The Kier molecular flexibility index (Phi) is 3.87. The Morgan fingerprint density at radius 2 is 2.00 bits per heavy atom. The third-order valence-corrected chi connectivity index (χ3v) is 5.10. The Hall–Kier alpha value is -1.62. The van der Waals surface area contributed by atoms with Crippen LogP contribution in [0, 0.1) is 5.92 Å². The van der Waals surface area contributed by atoms with Gasteiger partial charge in [-0.15, -0.1) is 22.0 Å². The van der Waals surface area contributed by atoms with Crippen LogP contribution in [0.15, 0.2) is 29.2 Å². The third kappa shape index (κ3) is 2.63. The molecule has 0 unspecified atom stereocenters. The smallest absolute Gasteiger partial charge is 0.357 e. The summed E-state index contributed by atoms with van der Waals surface area (Å²) >= 11 is 1.62. The predicted octanol–water partition coefficient (Wildman–Crippen LogP) is 3.61. The first-order valence-corrected chi connectivity index (χ1v) is 7.86. The molecule has 2 aromatic rings. The molecule has 1 aromatic carbocycles. The lowest BCUT2D eigenvalue weighted by molar-refractivity contribution is 0.0685. The van der Waals surface area contributed by atoms with Crippen molar-refractivity contribution in [1.82, 2.24) is 10.2 Å². The van der Waals surface area contributed by atoms with Crippen molar-refractivity contribution in [3.63, 3.8) is 0 Å². The molecule has 1 aliphatic carbocycles. The maximum Gasteiger partial charge on any atom is 0.357 e. The van der Waals surface area contributed by atoms with Gasteiger partial charge in [0.25, 0.3) is 0 Å². The summed E-state index contributed by atoms with van der Waals surface area (Å²) < 4.78 is 0. The first kappa shape index (κ1) is 13.4. The molecular weight excluding hydrogens is 272 g/mol. The van der Waals surface area contributed by atoms with Crippen molar-refractivity contribution in [2.45, 2.75) is 30.6 Å². The van der Waals surface area contributed by atoms with Crippen LogP contribution in [0.5, 0.6) is 0 Å². The topological polar surface area (TPSA) is 63.1 Å². The molecule has 104 valence electrons. The van der Waals surface area contributed by atoms with Crippen LogP contribution in [0.3, 0.4) is 0 Å². The van der Waals surface area contributed by atoms with Crippen LogP contribution in [0.25, 0.3) is 10.9 Å². The Morgan fingerprint density at radius 1 is 1.25 bits per heavy atom. The highest BCUT2D eigenvalue weighted by Gasteiger charge is 2.20. The summed E-state index contributed by atoms with van der Waals surface area (Å²) in [5, 5.41) is 18.1. The molecule has 0 spiro atoms. The number of hydrogen-bond donors (Lipinski definition) is 1. The number of rotatable bonds is 4. The summed E-state index contributed by atoms with van der Waals surface area (Å²) in [6.07, 6.45) is 5.11. The van der Waals surface area contributed by atoms with E-state index in [1.54, 1.807) is 11.8 Å². The van der Waals surface area contributed by atoms with Crippen LogP contribution in [0.1, 0.15) is 36.2 Å². The Labute approximate surface area is 121 Å². The maximum atomic E-state index is 11.3. The fraction of sp³-hybridized carbons (Fsp3) is 0.400. The molecule has 4 nitrogen and oxygen atoms in total. The van der Waals surface area contributed by atoms with Crippen LogP contribution in [-0.2, 0) is 0 Å². The van der Waals surface area contributed by atoms with E-state index in [0.29, 0.717) is 5.92 Å². The number of carboxylic acids is 1. The van der Waals surface area contributed by atoms with E-state index in [9.17, 15) is 9.90 Å². The highest BCUT2D eigenvalue weighted by molar-refractivity contribution is 7.99. The van der Waals surface area contributed by atoms with Gasteiger partial charge in [0.05, 0.1) is 10.4 Å². The number of benzene rings is 1. The largest absolute Gasteiger partial charge is 0.476 e. The molecule has 1 heterocycles. The molecule has 0 radical (unpaired) electrons. The van der Waals surface area contributed by atoms with E-state index >= 15 is 0 Å². The first-order chi connectivity index (χ1) is 9.75. The second kappa shape index (κ2) is 5.79. The molecule has 3 rings (SSSR count). The summed E-state index contributed by atoms with van der Waals surface area (Å²) in [5.41, 5.74) is 0.832. The number of carbonyl (C=O) groups is 1. The van der Waals surface area contributed by atoms with Crippen LogP contribution in [0.4, 0.5) is 0 Å². The van der Waals surface area contributed by atoms with Gasteiger partial charge < -0.3 is 5.11 Å². The van der Waals surface area contributed by atoms with Crippen molar-refractivity contribution < 1.29 is 9.90 Å².